The number of aliphatic hydroxyl groups excluding tert-OH is 1. The second kappa shape index (κ2) is 6.49. The van der Waals surface area contributed by atoms with Crippen LogP contribution in [0, 0.1) is 11.3 Å². The maximum absolute atomic E-state index is 9.43. The molecule has 1 aliphatic rings. The predicted octanol–water partition coefficient (Wildman–Crippen LogP) is 1.90. The Labute approximate surface area is 121 Å². The van der Waals surface area contributed by atoms with Gasteiger partial charge in [0.2, 0.25) is 0 Å². The largest absolute Gasteiger partial charge is 0.395 e. The minimum absolute atomic E-state index is 0.146. The highest BCUT2D eigenvalue weighted by Crippen LogP contribution is 2.25. The molecule has 19 heavy (non-hydrogen) atoms. The highest BCUT2D eigenvalue weighted by molar-refractivity contribution is 9.10. The van der Waals surface area contributed by atoms with Crippen molar-refractivity contribution in [3.05, 3.63) is 33.8 Å². The van der Waals surface area contributed by atoms with E-state index in [2.05, 4.69) is 26.9 Å². The maximum Gasteiger partial charge on any atom is 0.0992 e. The van der Waals surface area contributed by atoms with E-state index in [9.17, 15) is 5.11 Å². The van der Waals surface area contributed by atoms with E-state index in [-0.39, 0.29) is 18.8 Å². The lowest BCUT2D eigenvalue weighted by Gasteiger charge is -2.23. The summed E-state index contributed by atoms with van der Waals surface area (Å²) in [5.41, 5.74) is 1.76. The summed E-state index contributed by atoms with van der Waals surface area (Å²) in [5, 5.41) is 18.3. The highest BCUT2D eigenvalue weighted by Gasteiger charge is 2.31. The molecular weight excluding hydrogens is 308 g/mol. The van der Waals surface area contributed by atoms with Crippen molar-refractivity contribution in [1.29, 1.82) is 5.26 Å². The zero-order valence-electron chi connectivity index (χ0n) is 10.8. The van der Waals surface area contributed by atoms with Crippen LogP contribution < -0.4 is 0 Å². The van der Waals surface area contributed by atoms with Crippen LogP contribution in [-0.4, -0.2) is 42.4 Å². The lowest BCUT2D eigenvalue weighted by atomic mass is 10.1. The minimum atomic E-state index is 0.146. The summed E-state index contributed by atoms with van der Waals surface area (Å²) < 4.78 is 6.30. The number of benzene rings is 1. The Balaban J connectivity index is 2.10. The van der Waals surface area contributed by atoms with E-state index < -0.39 is 0 Å². The molecule has 1 saturated heterocycles. The van der Waals surface area contributed by atoms with Gasteiger partial charge in [0.05, 0.1) is 24.3 Å². The van der Waals surface area contributed by atoms with Crippen LogP contribution in [0.2, 0.25) is 0 Å². The summed E-state index contributed by atoms with van der Waals surface area (Å²) in [6.45, 7) is 1.72. The number of rotatable bonds is 4. The van der Waals surface area contributed by atoms with E-state index in [4.69, 9.17) is 10.00 Å². The molecule has 1 aromatic rings. The molecule has 0 aromatic heterocycles. The van der Waals surface area contributed by atoms with Crippen molar-refractivity contribution in [3.8, 4) is 6.07 Å². The molecule has 0 unspecified atom stereocenters. The third-order valence-corrected chi connectivity index (χ3v) is 4.33. The van der Waals surface area contributed by atoms with Crippen molar-refractivity contribution in [3.63, 3.8) is 0 Å². The summed E-state index contributed by atoms with van der Waals surface area (Å²) in [5.74, 6) is 0. The van der Waals surface area contributed by atoms with E-state index in [0.29, 0.717) is 5.56 Å². The van der Waals surface area contributed by atoms with E-state index in [0.717, 1.165) is 29.5 Å². The molecular formula is C14H17BrN2O2. The van der Waals surface area contributed by atoms with Crippen molar-refractivity contribution in [1.82, 2.24) is 4.90 Å². The number of methoxy groups -OCH3 is 1. The molecule has 102 valence electrons. The topological polar surface area (TPSA) is 56.5 Å². The molecule has 1 heterocycles. The lowest BCUT2D eigenvalue weighted by molar-refractivity contribution is 0.107. The SMILES string of the molecule is CO[C@@H]1C[C@@H](CO)N(Cc2ccc(C#N)cc2Br)C1. The van der Waals surface area contributed by atoms with Gasteiger partial charge in [-0.2, -0.15) is 5.26 Å². The second-order valence-electron chi connectivity index (χ2n) is 4.78. The molecule has 1 aliphatic heterocycles. The number of ether oxygens (including phenoxy) is 1. The Morgan fingerprint density at radius 3 is 2.95 bits per heavy atom. The third kappa shape index (κ3) is 3.34. The standard InChI is InChI=1S/C14H17BrN2O2/c1-19-13-5-12(9-18)17(8-13)7-11-3-2-10(6-16)4-14(11)15/h2-4,12-13,18H,5,7-9H2,1H3/t12-,13+/m0/s1. The van der Waals surface area contributed by atoms with Gasteiger partial charge in [0.15, 0.2) is 0 Å². The van der Waals surface area contributed by atoms with Gasteiger partial charge in [-0.25, -0.2) is 0 Å². The van der Waals surface area contributed by atoms with E-state index in [1.54, 1.807) is 7.11 Å². The molecule has 0 saturated carbocycles. The van der Waals surface area contributed by atoms with E-state index >= 15 is 0 Å². The average Bonchev–Trinajstić information content (AvgIpc) is 2.83. The molecule has 2 rings (SSSR count). The van der Waals surface area contributed by atoms with Crippen LogP contribution in [0.3, 0.4) is 0 Å². The quantitative estimate of drug-likeness (QED) is 0.919. The van der Waals surface area contributed by atoms with Crippen LogP contribution in [-0.2, 0) is 11.3 Å². The molecule has 0 bridgehead atoms. The van der Waals surface area contributed by atoms with Crippen LogP contribution in [0.5, 0.6) is 0 Å². The molecule has 1 N–H and O–H groups in total. The summed E-state index contributed by atoms with van der Waals surface area (Å²) in [6, 6.07) is 7.87. The molecule has 1 fully saturated rings. The van der Waals surface area contributed by atoms with Gasteiger partial charge < -0.3 is 9.84 Å². The fourth-order valence-corrected chi connectivity index (χ4v) is 2.96. The number of hydrogen-bond acceptors (Lipinski definition) is 4. The van der Waals surface area contributed by atoms with Crippen LogP contribution in [0.15, 0.2) is 22.7 Å². The number of likely N-dealkylation sites (tertiary alicyclic amines) is 1. The van der Waals surface area contributed by atoms with Crippen LogP contribution in [0.25, 0.3) is 0 Å². The van der Waals surface area contributed by atoms with Crippen molar-refractivity contribution >= 4 is 15.9 Å². The molecule has 0 spiro atoms. The number of nitrogens with zero attached hydrogens (tertiary/aromatic N) is 2. The third-order valence-electron chi connectivity index (χ3n) is 3.59. The number of hydrogen-bond donors (Lipinski definition) is 1. The molecule has 0 amide bonds. The zero-order valence-corrected chi connectivity index (χ0v) is 12.4. The molecule has 0 radical (unpaired) electrons. The molecule has 2 atom stereocenters. The zero-order chi connectivity index (χ0) is 13.8. The Kier molecular flexibility index (Phi) is 4.94. The number of nitriles is 1. The monoisotopic (exact) mass is 324 g/mol. The average molecular weight is 325 g/mol. The van der Waals surface area contributed by atoms with Gasteiger partial charge in [-0.1, -0.05) is 22.0 Å². The molecule has 4 nitrogen and oxygen atoms in total. The first kappa shape index (κ1) is 14.5. The summed E-state index contributed by atoms with van der Waals surface area (Å²) in [7, 11) is 1.71. The fourth-order valence-electron chi connectivity index (χ4n) is 2.46. The van der Waals surface area contributed by atoms with Gasteiger partial charge in [0.1, 0.15) is 0 Å². The molecule has 0 aliphatic carbocycles. The van der Waals surface area contributed by atoms with E-state index in [1.807, 2.05) is 18.2 Å². The van der Waals surface area contributed by atoms with Gasteiger partial charge in [0.25, 0.3) is 0 Å². The van der Waals surface area contributed by atoms with Gasteiger partial charge in [0, 0.05) is 30.7 Å². The first-order valence-electron chi connectivity index (χ1n) is 6.24. The number of aliphatic hydroxyl groups is 1. The van der Waals surface area contributed by atoms with Gasteiger partial charge >= 0.3 is 0 Å². The lowest BCUT2D eigenvalue weighted by Crippen LogP contribution is -2.32. The Hall–Kier alpha value is -0.930. The van der Waals surface area contributed by atoms with Gasteiger partial charge in [-0.15, -0.1) is 0 Å². The van der Waals surface area contributed by atoms with Crippen molar-refractivity contribution in [2.45, 2.75) is 25.1 Å². The summed E-state index contributed by atoms with van der Waals surface area (Å²) in [4.78, 5) is 2.22. The predicted molar refractivity (Wildman–Crippen MR) is 75.6 cm³/mol. The summed E-state index contributed by atoms with van der Waals surface area (Å²) in [6.07, 6.45) is 1.05. The highest BCUT2D eigenvalue weighted by atomic mass is 79.9. The van der Waals surface area contributed by atoms with Crippen molar-refractivity contribution < 1.29 is 9.84 Å². The smallest absolute Gasteiger partial charge is 0.0992 e. The van der Waals surface area contributed by atoms with Crippen LogP contribution in [0.1, 0.15) is 17.5 Å². The first-order chi connectivity index (χ1) is 9.17. The maximum atomic E-state index is 9.43. The number of halogens is 1. The van der Waals surface area contributed by atoms with E-state index in [1.165, 1.54) is 0 Å². The van der Waals surface area contributed by atoms with Gasteiger partial charge in [-0.3, -0.25) is 4.90 Å². The second-order valence-corrected chi connectivity index (χ2v) is 5.63. The Morgan fingerprint density at radius 2 is 2.37 bits per heavy atom. The fraction of sp³-hybridized carbons (Fsp3) is 0.500. The summed E-state index contributed by atoms with van der Waals surface area (Å²) >= 11 is 3.50. The Bertz CT molecular complexity index is 487. The van der Waals surface area contributed by atoms with Crippen molar-refractivity contribution in [2.75, 3.05) is 20.3 Å². The first-order valence-corrected chi connectivity index (χ1v) is 7.03. The molecule has 1 aromatic carbocycles. The Morgan fingerprint density at radius 1 is 1.58 bits per heavy atom. The van der Waals surface area contributed by atoms with Crippen molar-refractivity contribution in [2.24, 2.45) is 0 Å². The minimum Gasteiger partial charge on any atom is -0.395 e. The molecule has 5 heteroatoms. The van der Waals surface area contributed by atoms with Gasteiger partial charge in [-0.05, 0) is 24.1 Å². The van der Waals surface area contributed by atoms with Crippen LogP contribution >= 0.6 is 15.9 Å². The van der Waals surface area contributed by atoms with Crippen LogP contribution in [0.4, 0.5) is 0 Å². The normalized spacial score (nSPS) is 23.5.